The van der Waals surface area contributed by atoms with Gasteiger partial charge in [0, 0.05) is 18.0 Å². The number of hydrogen-bond donors (Lipinski definition) is 0. The molecule has 0 atom stereocenters. The van der Waals surface area contributed by atoms with Crippen LogP contribution in [0.4, 0.5) is 0 Å². The average Bonchev–Trinajstić information content (AvgIpc) is 2.76. The SMILES string of the molecule is CCCCCC/C=C/Oc1ccc(-c2ncc(CCCCCCCC)cn2)cc1. The Labute approximate surface area is 177 Å². The Bertz CT molecular complexity index is 677. The molecule has 0 unspecified atom stereocenters. The van der Waals surface area contributed by atoms with Crippen molar-refractivity contribution in [1.82, 2.24) is 9.97 Å². The summed E-state index contributed by atoms with van der Waals surface area (Å²) in [4.78, 5) is 9.10. The molecule has 0 bridgehead atoms. The van der Waals surface area contributed by atoms with Gasteiger partial charge in [0.1, 0.15) is 5.75 Å². The van der Waals surface area contributed by atoms with Crippen LogP contribution in [0.25, 0.3) is 11.4 Å². The minimum atomic E-state index is 0.773. The summed E-state index contributed by atoms with van der Waals surface area (Å²) in [5.74, 6) is 1.62. The third-order valence-electron chi connectivity index (χ3n) is 5.16. The number of aromatic nitrogens is 2. The van der Waals surface area contributed by atoms with E-state index < -0.39 is 0 Å². The topological polar surface area (TPSA) is 35.0 Å². The van der Waals surface area contributed by atoms with Gasteiger partial charge in [-0.3, -0.25) is 0 Å². The highest BCUT2D eigenvalue weighted by atomic mass is 16.5. The summed E-state index contributed by atoms with van der Waals surface area (Å²) in [6.07, 6.45) is 23.0. The maximum Gasteiger partial charge on any atom is 0.159 e. The van der Waals surface area contributed by atoms with Gasteiger partial charge in [0.25, 0.3) is 0 Å². The van der Waals surface area contributed by atoms with Crippen LogP contribution < -0.4 is 4.74 Å². The summed E-state index contributed by atoms with van der Waals surface area (Å²) in [5, 5.41) is 0. The minimum Gasteiger partial charge on any atom is -0.465 e. The highest BCUT2D eigenvalue weighted by Gasteiger charge is 2.02. The first-order valence-corrected chi connectivity index (χ1v) is 11.6. The second kappa shape index (κ2) is 14.8. The van der Waals surface area contributed by atoms with Crippen LogP contribution >= 0.6 is 0 Å². The Morgan fingerprint density at radius 1 is 0.759 bits per heavy atom. The van der Waals surface area contributed by atoms with Crippen molar-refractivity contribution in [3.05, 3.63) is 54.6 Å². The first kappa shape index (κ1) is 23.1. The number of aryl methyl sites for hydroxylation is 1. The number of unbranched alkanes of at least 4 members (excludes halogenated alkanes) is 9. The van der Waals surface area contributed by atoms with Crippen molar-refractivity contribution >= 4 is 0 Å². The summed E-state index contributed by atoms with van der Waals surface area (Å²) in [5.41, 5.74) is 2.25. The van der Waals surface area contributed by atoms with Gasteiger partial charge in [-0.25, -0.2) is 9.97 Å². The Morgan fingerprint density at radius 2 is 1.38 bits per heavy atom. The molecule has 0 aliphatic carbocycles. The zero-order valence-corrected chi connectivity index (χ0v) is 18.4. The van der Waals surface area contributed by atoms with Crippen molar-refractivity contribution < 1.29 is 4.74 Å². The van der Waals surface area contributed by atoms with E-state index in [0.717, 1.165) is 30.0 Å². The van der Waals surface area contributed by atoms with Crippen LogP contribution in [0.1, 0.15) is 90.0 Å². The van der Waals surface area contributed by atoms with Crippen molar-refractivity contribution in [1.29, 1.82) is 0 Å². The minimum absolute atomic E-state index is 0.773. The molecule has 158 valence electrons. The van der Waals surface area contributed by atoms with Crippen molar-refractivity contribution in [3.63, 3.8) is 0 Å². The van der Waals surface area contributed by atoms with Gasteiger partial charge in [0.2, 0.25) is 0 Å². The molecule has 0 saturated carbocycles. The van der Waals surface area contributed by atoms with Crippen molar-refractivity contribution in [2.45, 2.75) is 90.9 Å². The van der Waals surface area contributed by atoms with Crippen LogP contribution in [0.15, 0.2) is 49.0 Å². The lowest BCUT2D eigenvalue weighted by molar-refractivity contribution is 0.477. The van der Waals surface area contributed by atoms with E-state index in [2.05, 4.69) is 29.9 Å². The quantitative estimate of drug-likeness (QED) is 0.227. The fraction of sp³-hybridized carbons (Fsp3) is 0.538. The number of nitrogens with zero attached hydrogens (tertiary/aromatic N) is 2. The third kappa shape index (κ3) is 9.74. The first-order chi connectivity index (χ1) is 14.3. The monoisotopic (exact) mass is 394 g/mol. The molecule has 0 radical (unpaired) electrons. The van der Waals surface area contributed by atoms with Crippen molar-refractivity contribution in [3.8, 4) is 17.1 Å². The number of hydrogen-bond acceptors (Lipinski definition) is 3. The molecule has 1 heterocycles. The van der Waals surface area contributed by atoms with Gasteiger partial charge in [-0.2, -0.15) is 0 Å². The predicted octanol–water partition coefficient (Wildman–Crippen LogP) is 7.91. The molecule has 3 nitrogen and oxygen atoms in total. The second-order valence-corrected chi connectivity index (χ2v) is 7.80. The molecule has 0 aliphatic heterocycles. The Kier molecular flexibility index (Phi) is 11.8. The Morgan fingerprint density at radius 3 is 2.07 bits per heavy atom. The molecule has 0 saturated heterocycles. The van der Waals surface area contributed by atoms with E-state index >= 15 is 0 Å². The lowest BCUT2D eigenvalue weighted by atomic mass is 10.1. The van der Waals surface area contributed by atoms with Gasteiger partial charge < -0.3 is 4.74 Å². The molecule has 2 aromatic rings. The number of benzene rings is 1. The van der Waals surface area contributed by atoms with Gasteiger partial charge in [0.05, 0.1) is 6.26 Å². The molecule has 0 N–H and O–H groups in total. The van der Waals surface area contributed by atoms with Crippen LogP contribution in [0, 0.1) is 0 Å². The van der Waals surface area contributed by atoms with E-state index in [1.165, 1.54) is 69.8 Å². The molecule has 0 aliphatic rings. The molecule has 0 spiro atoms. The van der Waals surface area contributed by atoms with Crippen LogP contribution in [0.3, 0.4) is 0 Å². The molecule has 1 aromatic carbocycles. The summed E-state index contributed by atoms with van der Waals surface area (Å²) >= 11 is 0. The number of allylic oxidation sites excluding steroid dienone is 1. The molecular weight excluding hydrogens is 356 g/mol. The number of ether oxygens (including phenoxy) is 1. The standard InChI is InChI=1S/C26H38N2O/c1-3-5-7-9-11-13-15-23-21-27-26(28-22-23)24-16-18-25(19-17-24)29-20-14-12-10-8-6-4-2/h14,16-22H,3-13,15H2,1-2H3/b20-14+. The van der Waals surface area contributed by atoms with E-state index in [1.54, 1.807) is 6.26 Å². The molecule has 2 rings (SSSR count). The smallest absolute Gasteiger partial charge is 0.159 e. The highest BCUT2D eigenvalue weighted by Crippen LogP contribution is 2.20. The average molecular weight is 395 g/mol. The summed E-state index contributed by atoms with van der Waals surface area (Å²) in [6, 6.07) is 8.00. The van der Waals surface area contributed by atoms with Crippen LogP contribution in [0.2, 0.25) is 0 Å². The zero-order valence-electron chi connectivity index (χ0n) is 18.4. The summed E-state index contributed by atoms with van der Waals surface area (Å²) < 4.78 is 5.68. The molecule has 0 fully saturated rings. The molecule has 29 heavy (non-hydrogen) atoms. The van der Waals surface area contributed by atoms with Crippen molar-refractivity contribution in [2.24, 2.45) is 0 Å². The fourth-order valence-corrected chi connectivity index (χ4v) is 3.31. The lowest BCUT2D eigenvalue weighted by Crippen LogP contribution is -1.93. The Hall–Kier alpha value is -2.16. The lowest BCUT2D eigenvalue weighted by Gasteiger charge is -2.05. The van der Waals surface area contributed by atoms with Crippen LogP contribution in [-0.4, -0.2) is 9.97 Å². The molecule has 0 amide bonds. The van der Waals surface area contributed by atoms with E-state index in [-0.39, 0.29) is 0 Å². The van der Waals surface area contributed by atoms with Crippen molar-refractivity contribution in [2.75, 3.05) is 0 Å². The molecule has 3 heteroatoms. The van der Waals surface area contributed by atoms with Gasteiger partial charge in [-0.1, -0.05) is 65.2 Å². The van der Waals surface area contributed by atoms with E-state index in [9.17, 15) is 0 Å². The van der Waals surface area contributed by atoms with Gasteiger partial charge in [0.15, 0.2) is 5.82 Å². The Balaban J connectivity index is 1.72. The van der Waals surface area contributed by atoms with Gasteiger partial charge >= 0.3 is 0 Å². The highest BCUT2D eigenvalue weighted by molar-refractivity contribution is 5.55. The zero-order chi connectivity index (χ0) is 20.6. The normalized spacial score (nSPS) is 11.2. The second-order valence-electron chi connectivity index (χ2n) is 7.80. The maximum atomic E-state index is 5.68. The fourth-order valence-electron chi connectivity index (χ4n) is 3.31. The predicted molar refractivity (Wildman–Crippen MR) is 123 cm³/mol. The molecular formula is C26H38N2O. The largest absolute Gasteiger partial charge is 0.465 e. The molecule has 1 aromatic heterocycles. The maximum absolute atomic E-state index is 5.68. The van der Waals surface area contributed by atoms with E-state index in [4.69, 9.17) is 4.74 Å². The first-order valence-electron chi connectivity index (χ1n) is 11.6. The number of rotatable bonds is 15. The third-order valence-corrected chi connectivity index (χ3v) is 5.16. The summed E-state index contributed by atoms with van der Waals surface area (Å²) in [7, 11) is 0. The van der Waals surface area contributed by atoms with Gasteiger partial charge in [-0.05, 0) is 61.6 Å². The van der Waals surface area contributed by atoms with E-state index in [0.29, 0.717) is 0 Å². The van der Waals surface area contributed by atoms with Crippen LogP contribution in [0.5, 0.6) is 5.75 Å². The summed E-state index contributed by atoms with van der Waals surface area (Å²) in [6.45, 7) is 4.49. The van der Waals surface area contributed by atoms with Gasteiger partial charge in [-0.15, -0.1) is 0 Å². The van der Waals surface area contributed by atoms with Crippen LogP contribution in [-0.2, 0) is 6.42 Å². The van der Waals surface area contributed by atoms with E-state index in [1.807, 2.05) is 36.7 Å².